The zero-order valence-corrected chi connectivity index (χ0v) is 18.3. The van der Waals surface area contributed by atoms with E-state index < -0.39 is 28.3 Å². The molecule has 0 atom stereocenters. The number of rotatable bonds is 4. The Morgan fingerprint density at radius 2 is 1.77 bits per heavy atom. The number of hydrogen-bond donors (Lipinski definition) is 2. The number of thiocarbonyl (C=S) groups is 1. The van der Waals surface area contributed by atoms with E-state index in [1.807, 2.05) is 0 Å². The molecule has 0 radical (unpaired) electrons. The Morgan fingerprint density at radius 1 is 1.13 bits per heavy atom. The number of benzene rings is 2. The first-order valence-corrected chi connectivity index (χ1v) is 9.81. The van der Waals surface area contributed by atoms with Crippen molar-refractivity contribution < 1.29 is 27.6 Å². The largest absolute Gasteiger partial charge is 0.448 e. The van der Waals surface area contributed by atoms with Gasteiger partial charge in [-0.1, -0.05) is 0 Å². The fraction of sp³-hybridized carbons (Fsp3) is 0.0588. The van der Waals surface area contributed by atoms with Gasteiger partial charge < -0.3 is 10.1 Å². The lowest BCUT2D eigenvalue weighted by Crippen LogP contribution is -2.21. The number of carbonyl (C=O) groups excluding carboxylic acids is 1. The van der Waals surface area contributed by atoms with Crippen molar-refractivity contribution in [1.82, 2.24) is 10.6 Å². The molecule has 1 heterocycles. The smallest absolute Gasteiger partial charge is 0.416 e. The van der Waals surface area contributed by atoms with Gasteiger partial charge in [0.1, 0.15) is 5.70 Å². The number of hydrogen-bond acceptors (Lipinski definition) is 5. The first-order valence-electron chi connectivity index (χ1n) is 7.82. The van der Waals surface area contributed by atoms with Crippen molar-refractivity contribution in [2.45, 2.75) is 6.18 Å². The molecule has 1 amide bonds. The summed E-state index contributed by atoms with van der Waals surface area (Å²) < 4.78 is 44.8. The predicted molar refractivity (Wildman–Crippen MR) is 112 cm³/mol. The van der Waals surface area contributed by atoms with Gasteiger partial charge in [0.2, 0.25) is 5.75 Å². The van der Waals surface area contributed by atoms with E-state index in [-0.39, 0.29) is 22.3 Å². The molecule has 3 rings (SSSR count). The SMILES string of the molecule is O=C1NC(=S)NC1=Cc1cc(Br)c(Oc2ccc(C(F)(F)F)cc2[N+](=O)[O-])c(Br)c1. The van der Waals surface area contributed by atoms with Gasteiger partial charge in [-0.05, 0) is 80.0 Å². The van der Waals surface area contributed by atoms with Crippen LogP contribution >= 0.6 is 44.1 Å². The van der Waals surface area contributed by atoms with Crippen LogP contribution in [-0.4, -0.2) is 15.9 Å². The van der Waals surface area contributed by atoms with E-state index in [1.165, 1.54) is 6.08 Å². The molecule has 0 saturated carbocycles. The Balaban J connectivity index is 1.96. The molecule has 7 nitrogen and oxygen atoms in total. The van der Waals surface area contributed by atoms with Crippen molar-refractivity contribution in [2.24, 2.45) is 0 Å². The van der Waals surface area contributed by atoms with Crippen molar-refractivity contribution in [3.63, 3.8) is 0 Å². The average molecular weight is 567 g/mol. The molecule has 1 fully saturated rings. The van der Waals surface area contributed by atoms with Gasteiger partial charge in [-0.2, -0.15) is 13.2 Å². The minimum Gasteiger partial charge on any atom is -0.448 e. The zero-order valence-electron chi connectivity index (χ0n) is 14.3. The monoisotopic (exact) mass is 565 g/mol. The Bertz CT molecular complexity index is 1100. The van der Waals surface area contributed by atoms with Crippen LogP contribution in [-0.2, 0) is 11.0 Å². The Morgan fingerprint density at radius 3 is 2.27 bits per heavy atom. The third-order valence-electron chi connectivity index (χ3n) is 3.75. The summed E-state index contributed by atoms with van der Waals surface area (Å²) in [6.45, 7) is 0. The molecular formula is C17H8Br2F3N3O4S. The van der Waals surface area contributed by atoms with Crippen LogP contribution in [0.2, 0.25) is 0 Å². The van der Waals surface area contributed by atoms with Crippen molar-refractivity contribution in [2.75, 3.05) is 0 Å². The first kappa shape index (κ1) is 22.2. The van der Waals surface area contributed by atoms with E-state index in [0.29, 0.717) is 26.6 Å². The summed E-state index contributed by atoms with van der Waals surface area (Å²) in [4.78, 5) is 22.0. The number of ether oxygens (including phenoxy) is 1. The van der Waals surface area contributed by atoms with E-state index in [0.717, 1.165) is 6.07 Å². The highest BCUT2D eigenvalue weighted by Crippen LogP contribution is 2.42. The second-order valence-electron chi connectivity index (χ2n) is 5.82. The molecule has 2 N–H and O–H groups in total. The quantitative estimate of drug-likeness (QED) is 0.226. The van der Waals surface area contributed by atoms with Gasteiger partial charge in [-0.15, -0.1) is 0 Å². The van der Waals surface area contributed by atoms with E-state index in [2.05, 4.69) is 42.5 Å². The molecule has 2 aromatic carbocycles. The highest BCUT2D eigenvalue weighted by Gasteiger charge is 2.33. The maximum Gasteiger partial charge on any atom is 0.416 e. The summed E-state index contributed by atoms with van der Waals surface area (Å²) in [6.07, 6.45) is -3.23. The van der Waals surface area contributed by atoms with Crippen LogP contribution in [0.15, 0.2) is 45.0 Å². The van der Waals surface area contributed by atoms with Crippen LogP contribution in [0.25, 0.3) is 6.08 Å². The predicted octanol–water partition coefficient (Wildman–Crippen LogP) is 5.28. The fourth-order valence-corrected chi connectivity index (χ4v) is 4.03. The molecule has 1 aliphatic heterocycles. The van der Waals surface area contributed by atoms with Crippen molar-refractivity contribution in [1.29, 1.82) is 0 Å². The zero-order chi connectivity index (χ0) is 22.2. The van der Waals surface area contributed by atoms with Crippen LogP contribution in [0.3, 0.4) is 0 Å². The summed E-state index contributed by atoms with van der Waals surface area (Å²) in [6, 6.07) is 5.08. The molecule has 13 heteroatoms. The number of halogens is 5. The van der Waals surface area contributed by atoms with E-state index >= 15 is 0 Å². The van der Waals surface area contributed by atoms with Gasteiger partial charge in [0.15, 0.2) is 10.9 Å². The number of carbonyl (C=O) groups is 1. The summed E-state index contributed by atoms with van der Waals surface area (Å²) in [5.74, 6) is -0.685. The minimum absolute atomic E-state index is 0.0966. The number of nitrogens with zero attached hydrogens (tertiary/aromatic N) is 1. The normalized spacial score (nSPS) is 15.2. The summed E-state index contributed by atoms with van der Waals surface area (Å²) in [7, 11) is 0. The maximum atomic E-state index is 12.9. The van der Waals surface area contributed by atoms with Gasteiger partial charge in [0.25, 0.3) is 5.91 Å². The van der Waals surface area contributed by atoms with E-state index in [9.17, 15) is 28.1 Å². The van der Waals surface area contributed by atoms with Crippen LogP contribution < -0.4 is 15.4 Å². The third-order valence-corrected chi connectivity index (χ3v) is 5.13. The summed E-state index contributed by atoms with van der Waals surface area (Å²) >= 11 is 11.4. The fourth-order valence-electron chi connectivity index (χ4n) is 2.44. The number of amides is 1. The molecule has 0 unspecified atom stereocenters. The van der Waals surface area contributed by atoms with Crippen LogP contribution in [0.5, 0.6) is 11.5 Å². The van der Waals surface area contributed by atoms with Gasteiger partial charge in [-0.3, -0.25) is 20.2 Å². The van der Waals surface area contributed by atoms with Crippen molar-refractivity contribution >= 4 is 66.9 Å². The van der Waals surface area contributed by atoms with Crippen LogP contribution in [0, 0.1) is 10.1 Å². The molecule has 0 aliphatic carbocycles. The molecular weight excluding hydrogens is 559 g/mol. The van der Waals surface area contributed by atoms with Gasteiger partial charge in [0.05, 0.1) is 19.4 Å². The maximum absolute atomic E-state index is 12.9. The van der Waals surface area contributed by atoms with Gasteiger partial charge in [-0.25, -0.2) is 0 Å². The topological polar surface area (TPSA) is 93.5 Å². The molecule has 0 bridgehead atoms. The molecule has 0 aromatic heterocycles. The van der Waals surface area contributed by atoms with Crippen molar-refractivity contribution in [3.8, 4) is 11.5 Å². The van der Waals surface area contributed by atoms with E-state index in [4.69, 9.17) is 17.0 Å². The molecule has 156 valence electrons. The molecule has 1 aliphatic rings. The van der Waals surface area contributed by atoms with Crippen molar-refractivity contribution in [3.05, 3.63) is 66.2 Å². The average Bonchev–Trinajstić information content (AvgIpc) is 2.94. The minimum atomic E-state index is -4.73. The second-order valence-corrected chi connectivity index (χ2v) is 7.94. The van der Waals surface area contributed by atoms with E-state index in [1.54, 1.807) is 12.1 Å². The Hall–Kier alpha value is -2.51. The number of nitro benzene ring substituents is 1. The lowest BCUT2D eigenvalue weighted by molar-refractivity contribution is -0.385. The van der Waals surface area contributed by atoms with Gasteiger partial charge >= 0.3 is 11.9 Å². The third kappa shape index (κ3) is 4.79. The summed E-state index contributed by atoms with van der Waals surface area (Å²) in [5.41, 5.74) is -1.24. The Kier molecular flexibility index (Phi) is 6.15. The highest BCUT2D eigenvalue weighted by atomic mass is 79.9. The van der Waals surface area contributed by atoms with Crippen LogP contribution in [0.4, 0.5) is 18.9 Å². The standard InChI is InChI=1S/C17H8Br2F3N3O4S/c18-9-3-7(5-11-15(26)24-16(30)23-11)4-10(19)14(9)29-13-2-1-8(17(20,21)22)6-12(13)25(27)28/h1-6H,(H2,23,24,26,30). The number of nitro groups is 1. The second kappa shape index (κ2) is 8.32. The summed E-state index contributed by atoms with van der Waals surface area (Å²) in [5, 5.41) is 16.5. The molecule has 1 saturated heterocycles. The Labute approximate surface area is 188 Å². The van der Waals surface area contributed by atoms with Crippen LogP contribution in [0.1, 0.15) is 11.1 Å². The number of nitrogens with one attached hydrogen (secondary N) is 2. The molecule has 30 heavy (non-hydrogen) atoms. The lowest BCUT2D eigenvalue weighted by atomic mass is 10.1. The van der Waals surface area contributed by atoms with Gasteiger partial charge in [0, 0.05) is 6.07 Å². The molecule has 0 spiro atoms. The lowest BCUT2D eigenvalue weighted by Gasteiger charge is -2.13. The highest BCUT2D eigenvalue weighted by molar-refractivity contribution is 9.11. The molecule has 2 aromatic rings. The number of alkyl halides is 3. The first-order chi connectivity index (χ1) is 14.0.